The summed E-state index contributed by atoms with van der Waals surface area (Å²) in [5, 5.41) is 6.02. The first kappa shape index (κ1) is 34.3. The van der Waals surface area contributed by atoms with Crippen molar-refractivity contribution < 1.29 is 19.1 Å². The van der Waals surface area contributed by atoms with E-state index in [1.165, 1.54) is 0 Å². The zero-order valence-corrected chi connectivity index (χ0v) is 27.4. The fourth-order valence-electron chi connectivity index (χ4n) is 5.03. The number of ether oxygens (including phenoxy) is 1. The lowest BCUT2D eigenvalue weighted by Gasteiger charge is -2.32. The molecule has 0 aliphatic carbocycles. The SMILES string of the molecule is Cc1cc(/C=C/C[C@H](CC(=O)OC(C)(C)C)C(=O)N[C@H](C(=O)N[C@H](C)c2ccccc2)C(C)(C)C)ccc1-c1ccccc1. The molecule has 234 valence electrons. The molecule has 2 amide bonds. The van der Waals surface area contributed by atoms with E-state index in [1.54, 1.807) is 20.8 Å². The van der Waals surface area contributed by atoms with Crippen LogP contribution in [0.25, 0.3) is 17.2 Å². The average molecular weight is 597 g/mol. The number of nitrogens with one attached hydrogen (secondary N) is 2. The minimum atomic E-state index is -0.806. The van der Waals surface area contributed by atoms with Gasteiger partial charge in [0.05, 0.1) is 18.4 Å². The van der Waals surface area contributed by atoms with Gasteiger partial charge >= 0.3 is 5.97 Å². The molecule has 3 aromatic carbocycles. The molecule has 3 aromatic rings. The van der Waals surface area contributed by atoms with Crippen LogP contribution in [0.5, 0.6) is 0 Å². The number of rotatable bonds is 11. The summed E-state index contributed by atoms with van der Waals surface area (Å²) in [6, 6.07) is 25.1. The Labute approximate surface area is 263 Å². The summed E-state index contributed by atoms with van der Waals surface area (Å²) in [4.78, 5) is 40.0. The predicted octanol–water partition coefficient (Wildman–Crippen LogP) is 7.82. The van der Waals surface area contributed by atoms with Crippen LogP contribution in [0.4, 0.5) is 0 Å². The normalized spacial score (nSPS) is 14.0. The van der Waals surface area contributed by atoms with Gasteiger partial charge in [-0.3, -0.25) is 14.4 Å². The monoisotopic (exact) mass is 596 g/mol. The standard InChI is InChI=1S/C38H48N2O4/c1-26-24-28(22-23-32(26)30-19-13-10-14-20-30)16-15-21-31(25-33(41)44-38(6,7)8)35(42)40-34(37(3,4)5)36(43)39-27(2)29-17-11-9-12-18-29/h9-20,22-24,27,31,34H,21,25H2,1-8H3,(H,39,43)(H,40,42)/b16-15+/t27-,31-,34-/m1/s1. The molecule has 6 heteroatoms. The number of aryl methyl sites for hydroxylation is 1. The molecule has 0 fully saturated rings. The highest BCUT2D eigenvalue weighted by Gasteiger charge is 2.35. The van der Waals surface area contributed by atoms with Gasteiger partial charge in [0.25, 0.3) is 0 Å². The van der Waals surface area contributed by atoms with Crippen LogP contribution >= 0.6 is 0 Å². The number of allylic oxidation sites excluding steroid dienone is 1. The zero-order chi connectivity index (χ0) is 32.5. The van der Waals surface area contributed by atoms with Crippen molar-refractivity contribution in [2.24, 2.45) is 11.3 Å². The lowest BCUT2D eigenvalue weighted by atomic mass is 9.85. The summed E-state index contributed by atoms with van der Waals surface area (Å²) in [7, 11) is 0. The molecule has 6 nitrogen and oxygen atoms in total. The maximum absolute atomic E-state index is 13.7. The Morgan fingerprint density at radius 3 is 2.00 bits per heavy atom. The molecule has 0 aliphatic rings. The van der Waals surface area contributed by atoms with Crippen LogP contribution in [-0.4, -0.2) is 29.4 Å². The Balaban J connectivity index is 1.78. The molecule has 0 unspecified atom stereocenters. The third-order valence-electron chi connectivity index (χ3n) is 7.34. The molecule has 0 radical (unpaired) electrons. The van der Waals surface area contributed by atoms with E-state index in [9.17, 15) is 14.4 Å². The lowest BCUT2D eigenvalue weighted by molar-refractivity contribution is -0.157. The quantitative estimate of drug-likeness (QED) is 0.221. The van der Waals surface area contributed by atoms with Gasteiger partial charge in [0.15, 0.2) is 0 Å². The van der Waals surface area contributed by atoms with Gasteiger partial charge in [-0.2, -0.15) is 0 Å². The Hall–Kier alpha value is -4.19. The first-order chi connectivity index (χ1) is 20.6. The van der Waals surface area contributed by atoms with Crippen molar-refractivity contribution in [2.45, 2.75) is 85.9 Å². The highest BCUT2D eigenvalue weighted by molar-refractivity contribution is 5.91. The van der Waals surface area contributed by atoms with Crippen LogP contribution in [0, 0.1) is 18.3 Å². The lowest BCUT2D eigenvalue weighted by Crippen LogP contribution is -2.55. The van der Waals surface area contributed by atoms with Gasteiger partial charge in [0.2, 0.25) is 11.8 Å². The third-order valence-corrected chi connectivity index (χ3v) is 7.34. The van der Waals surface area contributed by atoms with E-state index in [-0.39, 0.29) is 24.3 Å². The minimum absolute atomic E-state index is 0.0989. The van der Waals surface area contributed by atoms with Crippen LogP contribution < -0.4 is 10.6 Å². The van der Waals surface area contributed by atoms with Crippen molar-refractivity contribution in [3.8, 4) is 11.1 Å². The molecule has 0 spiro atoms. The van der Waals surface area contributed by atoms with E-state index in [1.807, 2.05) is 94.4 Å². The van der Waals surface area contributed by atoms with E-state index in [0.717, 1.165) is 27.8 Å². The Morgan fingerprint density at radius 2 is 1.43 bits per heavy atom. The summed E-state index contributed by atoms with van der Waals surface area (Å²) in [6.45, 7) is 15.1. The maximum atomic E-state index is 13.7. The van der Waals surface area contributed by atoms with Crippen molar-refractivity contribution in [2.75, 3.05) is 0 Å². The van der Waals surface area contributed by atoms with E-state index in [2.05, 4.69) is 41.8 Å². The first-order valence-corrected chi connectivity index (χ1v) is 15.3. The third kappa shape index (κ3) is 10.5. The van der Waals surface area contributed by atoms with Crippen LogP contribution in [0.3, 0.4) is 0 Å². The summed E-state index contributed by atoms with van der Waals surface area (Å²) in [5.74, 6) is -1.81. The predicted molar refractivity (Wildman–Crippen MR) is 179 cm³/mol. The highest BCUT2D eigenvalue weighted by Crippen LogP contribution is 2.26. The number of benzene rings is 3. The van der Waals surface area contributed by atoms with Gasteiger partial charge in [-0.15, -0.1) is 0 Å². The summed E-state index contributed by atoms with van der Waals surface area (Å²) in [6.07, 6.45) is 4.09. The van der Waals surface area contributed by atoms with Gasteiger partial charge < -0.3 is 15.4 Å². The van der Waals surface area contributed by atoms with Crippen LogP contribution in [0.15, 0.2) is 84.9 Å². The Kier molecular flexibility index (Phi) is 11.7. The molecule has 0 bridgehead atoms. The fourth-order valence-corrected chi connectivity index (χ4v) is 5.03. The maximum Gasteiger partial charge on any atom is 0.307 e. The topological polar surface area (TPSA) is 84.5 Å². The highest BCUT2D eigenvalue weighted by atomic mass is 16.6. The summed E-state index contributed by atoms with van der Waals surface area (Å²) >= 11 is 0. The van der Waals surface area contributed by atoms with Crippen LogP contribution in [0.2, 0.25) is 0 Å². The van der Waals surface area contributed by atoms with Gasteiger partial charge in [-0.05, 0) is 74.3 Å². The molecule has 0 aromatic heterocycles. The molecule has 0 heterocycles. The van der Waals surface area contributed by atoms with Gasteiger partial charge in [0.1, 0.15) is 11.6 Å². The molecule has 44 heavy (non-hydrogen) atoms. The Bertz CT molecular complexity index is 1430. The van der Waals surface area contributed by atoms with Crippen molar-refractivity contribution >= 4 is 23.9 Å². The summed E-state index contributed by atoms with van der Waals surface area (Å²) < 4.78 is 5.55. The average Bonchev–Trinajstić information content (AvgIpc) is 2.94. The number of hydrogen-bond donors (Lipinski definition) is 2. The number of amides is 2. The number of carbonyl (C=O) groups is 3. The zero-order valence-electron chi connectivity index (χ0n) is 27.4. The second kappa shape index (κ2) is 15.0. The molecule has 0 aliphatic heterocycles. The van der Waals surface area contributed by atoms with E-state index < -0.39 is 28.9 Å². The van der Waals surface area contributed by atoms with Gasteiger partial charge in [-0.1, -0.05) is 112 Å². The number of esters is 1. The van der Waals surface area contributed by atoms with Crippen molar-refractivity contribution in [3.05, 3.63) is 102 Å². The second-order valence-corrected chi connectivity index (χ2v) is 13.5. The number of hydrogen-bond acceptors (Lipinski definition) is 4. The molecular weight excluding hydrogens is 548 g/mol. The van der Waals surface area contributed by atoms with Gasteiger partial charge in [0, 0.05) is 0 Å². The van der Waals surface area contributed by atoms with Crippen LogP contribution in [0.1, 0.15) is 84.0 Å². The van der Waals surface area contributed by atoms with Crippen molar-refractivity contribution in [1.29, 1.82) is 0 Å². The van der Waals surface area contributed by atoms with Crippen molar-refractivity contribution in [1.82, 2.24) is 10.6 Å². The summed E-state index contributed by atoms with van der Waals surface area (Å²) in [5.41, 5.74) is 4.20. The molecule has 3 atom stereocenters. The Morgan fingerprint density at radius 1 is 0.818 bits per heavy atom. The van der Waals surface area contributed by atoms with E-state index in [0.29, 0.717) is 6.42 Å². The molecule has 3 rings (SSSR count). The van der Waals surface area contributed by atoms with E-state index >= 15 is 0 Å². The fraction of sp³-hybridized carbons (Fsp3) is 0.395. The molecule has 0 saturated carbocycles. The molecular formula is C38H48N2O4. The largest absolute Gasteiger partial charge is 0.460 e. The number of carbonyl (C=O) groups excluding carboxylic acids is 3. The van der Waals surface area contributed by atoms with Crippen molar-refractivity contribution in [3.63, 3.8) is 0 Å². The second-order valence-electron chi connectivity index (χ2n) is 13.5. The van der Waals surface area contributed by atoms with E-state index in [4.69, 9.17) is 4.74 Å². The first-order valence-electron chi connectivity index (χ1n) is 15.3. The minimum Gasteiger partial charge on any atom is -0.460 e. The van der Waals surface area contributed by atoms with Crippen LogP contribution in [-0.2, 0) is 19.1 Å². The van der Waals surface area contributed by atoms with Gasteiger partial charge in [-0.25, -0.2) is 0 Å². The molecule has 2 N–H and O–H groups in total. The smallest absolute Gasteiger partial charge is 0.307 e. The molecule has 0 saturated heterocycles.